The van der Waals surface area contributed by atoms with Gasteiger partial charge in [0.15, 0.2) is 5.82 Å². The van der Waals surface area contributed by atoms with Gasteiger partial charge >= 0.3 is 0 Å². The number of benzene rings is 1. The maximum atomic E-state index is 13.6. The smallest absolute Gasteiger partial charge is 0.229 e. The quantitative estimate of drug-likeness (QED) is 0.887. The van der Waals surface area contributed by atoms with E-state index in [4.69, 9.17) is 16.1 Å². The van der Waals surface area contributed by atoms with E-state index in [1.165, 1.54) is 12.1 Å². The minimum absolute atomic E-state index is 0.0922. The van der Waals surface area contributed by atoms with Crippen LogP contribution in [-0.4, -0.2) is 22.6 Å². The second-order valence-electron chi connectivity index (χ2n) is 5.30. The molecule has 2 aromatic rings. The highest BCUT2D eigenvalue weighted by molar-refractivity contribution is 6.31. The number of carbonyl (C=O) groups excluding carboxylic acids is 1. The molecule has 22 heavy (non-hydrogen) atoms. The maximum Gasteiger partial charge on any atom is 0.229 e. The number of halogens is 2. The topological polar surface area (TPSA) is 68.0 Å². The first-order valence-corrected chi connectivity index (χ1v) is 7.53. The molecule has 5 nitrogen and oxygen atoms in total. The molecule has 1 fully saturated rings. The highest BCUT2D eigenvalue weighted by Gasteiger charge is 2.29. The summed E-state index contributed by atoms with van der Waals surface area (Å²) in [4.78, 5) is 16.1. The highest BCUT2D eigenvalue weighted by atomic mass is 35.5. The van der Waals surface area contributed by atoms with Gasteiger partial charge in [0.25, 0.3) is 0 Å². The fourth-order valence-corrected chi connectivity index (χ4v) is 2.33. The largest absolute Gasteiger partial charge is 0.355 e. The van der Waals surface area contributed by atoms with E-state index in [-0.39, 0.29) is 22.9 Å². The second-order valence-corrected chi connectivity index (χ2v) is 5.71. The number of rotatable bonds is 6. The van der Waals surface area contributed by atoms with Gasteiger partial charge in [-0.3, -0.25) is 4.79 Å². The minimum Gasteiger partial charge on any atom is -0.355 e. The van der Waals surface area contributed by atoms with Crippen molar-refractivity contribution in [1.82, 2.24) is 15.5 Å². The third kappa shape index (κ3) is 3.62. The van der Waals surface area contributed by atoms with Crippen LogP contribution in [0.2, 0.25) is 5.02 Å². The Labute approximate surface area is 131 Å². The van der Waals surface area contributed by atoms with E-state index < -0.39 is 5.82 Å². The van der Waals surface area contributed by atoms with Gasteiger partial charge in [-0.1, -0.05) is 22.8 Å². The Morgan fingerprint density at radius 3 is 3.00 bits per heavy atom. The van der Waals surface area contributed by atoms with Gasteiger partial charge < -0.3 is 9.84 Å². The third-order valence-electron chi connectivity index (χ3n) is 3.48. The summed E-state index contributed by atoms with van der Waals surface area (Å²) in [6.45, 7) is 0.370. The summed E-state index contributed by atoms with van der Waals surface area (Å²) in [5.41, 5.74) is 0.206. The van der Waals surface area contributed by atoms with E-state index in [0.29, 0.717) is 30.6 Å². The van der Waals surface area contributed by atoms with Crippen LogP contribution in [0.4, 0.5) is 4.39 Å². The van der Waals surface area contributed by atoms with Crippen LogP contribution in [0, 0.1) is 5.82 Å². The molecule has 0 spiro atoms. The van der Waals surface area contributed by atoms with E-state index in [1.54, 1.807) is 6.07 Å². The summed E-state index contributed by atoms with van der Waals surface area (Å²) in [6, 6.07) is 4.35. The lowest BCUT2D eigenvalue weighted by atomic mass is 10.1. The first-order valence-electron chi connectivity index (χ1n) is 7.15. The first kappa shape index (κ1) is 15.0. The van der Waals surface area contributed by atoms with Crippen molar-refractivity contribution in [1.29, 1.82) is 0 Å². The zero-order valence-electron chi connectivity index (χ0n) is 11.8. The predicted molar refractivity (Wildman–Crippen MR) is 78.1 cm³/mol. The molecule has 0 bridgehead atoms. The lowest BCUT2D eigenvalue weighted by Gasteiger charge is -2.06. The SMILES string of the molecule is O=C(Cc1c(F)cccc1Cl)NCCc1noc(C2CC2)n1. The van der Waals surface area contributed by atoms with Crippen LogP contribution in [0.1, 0.15) is 36.0 Å². The van der Waals surface area contributed by atoms with Crippen molar-refractivity contribution in [3.05, 3.63) is 46.3 Å². The van der Waals surface area contributed by atoms with Gasteiger partial charge in [-0.2, -0.15) is 4.98 Å². The monoisotopic (exact) mass is 323 g/mol. The van der Waals surface area contributed by atoms with Crippen molar-refractivity contribution in [3.8, 4) is 0 Å². The molecule has 0 saturated heterocycles. The molecule has 1 amide bonds. The Morgan fingerprint density at radius 2 is 2.27 bits per heavy atom. The molecular formula is C15H15ClFN3O2. The number of hydrogen-bond donors (Lipinski definition) is 1. The van der Waals surface area contributed by atoms with Gasteiger partial charge in [0.2, 0.25) is 11.8 Å². The number of hydrogen-bond acceptors (Lipinski definition) is 4. The molecule has 0 atom stereocenters. The predicted octanol–water partition coefficient (Wildman–Crippen LogP) is 2.64. The molecule has 7 heteroatoms. The summed E-state index contributed by atoms with van der Waals surface area (Å²) in [6.07, 6.45) is 2.58. The fourth-order valence-electron chi connectivity index (χ4n) is 2.10. The lowest BCUT2D eigenvalue weighted by Crippen LogP contribution is -2.27. The zero-order chi connectivity index (χ0) is 15.5. The van der Waals surface area contributed by atoms with E-state index in [0.717, 1.165) is 12.8 Å². The summed E-state index contributed by atoms with van der Waals surface area (Å²) >= 11 is 5.89. The first-order chi connectivity index (χ1) is 10.6. The van der Waals surface area contributed by atoms with Crippen LogP contribution in [-0.2, 0) is 17.6 Å². The summed E-state index contributed by atoms with van der Waals surface area (Å²) in [5.74, 6) is 0.900. The van der Waals surface area contributed by atoms with Gasteiger partial charge in [-0.15, -0.1) is 0 Å². The summed E-state index contributed by atoms with van der Waals surface area (Å²) < 4.78 is 18.7. The van der Waals surface area contributed by atoms with E-state index in [2.05, 4.69) is 15.5 Å². The standard InChI is InChI=1S/C15H15ClFN3O2/c16-11-2-1-3-12(17)10(11)8-14(21)18-7-6-13-19-15(22-20-13)9-4-5-9/h1-3,9H,4-8H2,(H,18,21). The van der Waals surface area contributed by atoms with Gasteiger partial charge in [0.1, 0.15) is 5.82 Å². The van der Waals surface area contributed by atoms with Gasteiger partial charge in [-0.05, 0) is 25.0 Å². The number of nitrogens with one attached hydrogen (secondary N) is 1. The number of nitrogens with zero attached hydrogens (tertiary/aromatic N) is 2. The van der Waals surface area contributed by atoms with E-state index in [9.17, 15) is 9.18 Å². The molecule has 1 aromatic carbocycles. The van der Waals surface area contributed by atoms with Crippen molar-refractivity contribution >= 4 is 17.5 Å². The van der Waals surface area contributed by atoms with Crippen LogP contribution in [0.3, 0.4) is 0 Å². The molecular weight excluding hydrogens is 309 g/mol. The normalized spacial score (nSPS) is 14.1. The van der Waals surface area contributed by atoms with E-state index in [1.807, 2.05) is 0 Å². The van der Waals surface area contributed by atoms with Crippen LogP contribution < -0.4 is 5.32 Å². The van der Waals surface area contributed by atoms with Gasteiger partial charge in [0, 0.05) is 29.5 Å². The Bertz CT molecular complexity index is 665. The summed E-state index contributed by atoms with van der Waals surface area (Å²) in [5, 5.41) is 6.82. The molecule has 1 aliphatic rings. The number of aromatic nitrogens is 2. The molecule has 1 N–H and O–H groups in total. The number of amides is 1. The van der Waals surface area contributed by atoms with Crippen LogP contribution >= 0.6 is 11.6 Å². The van der Waals surface area contributed by atoms with Crippen LogP contribution in [0.5, 0.6) is 0 Å². The Balaban J connectivity index is 1.47. The van der Waals surface area contributed by atoms with Crippen molar-refractivity contribution in [2.45, 2.75) is 31.6 Å². The van der Waals surface area contributed by atoms with Gasteiger partial charge in [0.05, 0.1) is 6.42 Å². The highest BCUT2D eigenvalue weighted by Crippen LogP contribution is 2.38. The van der Waals surface area contributed by atoms with Crippen molar-refractivity contribution < 1.29 is 13.7 Å². The van der Waals surface area contributed by atoms with Crippen LogP contribution in [0.15, 0.2) is 22.7 Å². The van der Waals surface area contributed by atoms with Crippen LogP contribution in [0.25, 0.3) is 0 Å². The van der Waals surface area contributed by atoms with Crippen molar-refractivity contribution in [2.75, 3.05) is 6.54 Å². The molecule has 1 saturated carbocycles. The maximum absolute atomic E-state index is 13.6. The Hall–Kier alpha value is -1.95. The number of carbonyl (C=O) groups is 1. The average Bonchev–Trinajstić information content (AvgIpc) is 3.23. The van der Waals surface area contributed by atoms with Crippen molar-refractivity contribution in [3.63, 3.8) is 0 Å². The van der Waals surface area contributed by atoms with Gasteiger partial charge in [-0.25, -0.2) is 4.39 Å². The third-order valence-corrected chi connectivity index (χ3v) is 3.83. The molecule has 0 unspecified atom stereocenters. The second kappa shape index (κ2) is 6.44. The Kier molecular flexibility index (Phi) is 4.38. The molecule has 1 aliphatic carbocycles. The zero-order valence-corrected chi connectivity index (χ0v) is 12.6. The van der Waals surface area contributed by atoms with E-state index >= 15 is 0 Å². The fraction of sp³-hybridized carbons (Fsp3) is 0.400. The molecule has 116 valence electrons. The molecule has 1 aromatic heterocycles. The lowest BCUT2D eigenvalue weighted by molar-refractivity contribution is -0.120. The molecule has 0 radical (unpaired) electrons. The minimum atomic E-state index is -0.477. The molecule has 3 rings (SSSR count). The van der Waals surface area contributed by atoms with Crippen molar-refractivity contribution in [2.24, 2.45) is 0 Å². The average molecular weight is 324 g/mol. The Morgan fingerprint density at radius 1 is 1.45 bits per heavy atom. The molecule has 1 heterocycles. The summed E-state index contributed by atoms with van der Waals surface area (Å²) in [7, 11) is 0. The molecule has 0 aliphatic heterocycles.